The Labute approximate surface area is 245 Å². The number of nitrogens with two attached hydrogens (primary N) is 2. The van der Waals surface area contributed by atoms with E-state index in [0.29, 0.717) is 19.4 Å². The maximum Gasteiger partial charge on any atom is 0.240 e. The normalized spacial score (nSPS) is 36.3. The molecule has 14 heteroatoms. The summed E-state index contributed by atoms with van der Waals surface area (Å²) in [5.74, 6) is -4.47. The van der Waals surface area contributed by atoms with Gasteiger partial charge in [0.15, 0.2) is 17.5 Å². The van der Waals surface area contributed by atoms with E-state index in [1.54, 1.807) is 6.92 Å². The number of ketones is 2. The van der Waals surface area contributed by atoms with Gasteiger partial charge in [0.1, 0.15) is 12.1 Å². The number of unbranched alkanes of at least 4 members (excludes halogenated alkanes) is 1. The molecule has 0 aromatic heterocycles. The van der Waals surface area contributed by atoms with E-state index < -0.39 is 64.6 Å². The molecule has 4 aliphatic rings. The fourth-order valence-electron chi connectivity index (χ4n) is 7.53. The number of hydrogen-bond acceptors (Lipinski definition) is 8. The molecule has 0 radical (unpaired) electrons. The third-order valence-electron chi connectivity index (χ3n) is 9.98. The molecule has 0 aromatic carbocycles. The minimum absolute atomic E-state index is 0.0381. The van der Waals surface area contributed by atoms with Crippen molar-refractivity contribution in [1.82, 2.24) is 26.6 Å². The first-order valence-corrected chi connectivity index (χ1v) is 15.0. The van der Waals surface area contributed by atoms with Crippen LogP contribution in [0, 0.1) is 28.1 Å². The minimum Gasteiger partial charge on any atom is -0.370 e. The number of amides is 4. The number of carbonyl (C=O) groups excluding carboxylic acids is 6. The summed E-state index contributed by atoms with van der Waals surface area (Å²) in [4.78, 5) is 80.5. The second kappa shape index (κ2) is 12.4. The van der Waals surface area contributed by atoms with Gasteiger partial charge in [-0.2, -0.15) is 0 Å². The van der Waals surface area contributed by atoms with E-state index in [2.05, 4.69) is 26.6 Å². The lowest BCUT2D eigenvalue weighted by atomic mass is 9.60. The molecule has 2 bridgehead atoms. The maximum absolute atomic E-state index is 14.4. The molecular weight excluding hydrogens is 544 g/mol. The van der Waals surface area contributed by atoms with Crippen LogP contribution in [0.3, 0.4) is 0 Å². The van der Waals surface area contributed by atoms with Crippen LogP contribution in [0.5, 0.6) is 0 Å². The lowest BCUT2D eigenvalue weighted by Gasteiger charge is -2.45. The standard InChI is InChI=1S/C28H44N8O6/c1-3-4-7-16-25(42)36-19(13-33-16)21(38)27-8-9-28(20(37)17(11-27)34-23(40)14(27)2)12-18(22(29)39)35-24(41)15(28)6-5-10-32-26(30)31/h14-19,33H,3-13H2,1-2H3,(H2,29,39)(H,34,40)(H,35,41)(H,36,42)(H4,30,31,32)/t14-,15-,16+,17+,18-,19-,27?,28?/m1/s1. The van der Waals surface area contributed by atoms with Crippen molar-refractivity contribution in [3.05, 3.63) is 0 Å². The van der Waals surface area contributed by atoms with Crippen LogP contribution < -0.4 is 38.1 Å². The zero-order chi connectivity index (χ0) is 30.8. The molecule has 4 fully saturated rings. The lowest BCUT2D eigenvalue weighted by molar-refractivity contribution is -0.152. The zero-order valence-corrected chi connectivity index (χ0v) is 24.3. The second-order valence-corrected chi connectivity index (χ2v) is 12.4. The SMILES string of the molecule is CCCC[C@@H]1NC[C@H](C(=O)C23CCC4(C[C@H](C(N)=O)NC(=O)[C@H]4CCCNC(=N)N)C(=O)[C@H](C2)NC(=O)[C@H]3C)NC1=O. The molecule has 0 aromatic rings. The van der Waals surface area contributed by atoms with Crippen LogP contribution in [0.15, 0.2) is 0 Å². The quantitative estimate of drug-likeness (QED) is 0.0824. The van der Waals surface area contributed by atoms with Gasteiger partial charge < -0.3 is 38.1 Å². The topological polar surface area (TPSA) is 238 Å². The summed E-state index contributed by atoms with van der Waals surface area (Å²) in [5.41, 5.74) is 8.38. The monoisotopic (exact) mass is 588 g/mol. The molecule has 4 rings (SSSR count). The third-order valence-corrected chi connectivity index (χ3v) is 9.98. The highest BCUT2D eigenvalue weighted by Crippen LogP contribution is 2.54. The van der Waals surface area contributed by atoms with E-state index in [4.69, 9.17) is 16.9 Å². The summed E-state index contributed by atoms with van der Waals surface area (Å²) in [5, 5.41) is 21.6. The van der Waals surface area contributed by atoms with Gasteiger partial charge in [-0.25, -0.2) is 0 Å². The Kier molecular flexibility index (Phi) is 9.24. The Hall–Kier alpha value is -3.55. The summed E-state index contributed by atoms with van der Waals surface area (Å²) in [6.07, 6.45) is 3.35. The molecule has 3 heterocycles. The highest BCUT2D eigenvalue weighted by molar-refractivity contribution is 6.05. The van der Waals surface area contributed by atoms with Crippen LogP contribution in [0.25, 0.3) is 0 Å². The summed E-state index contributed by atoms with van der Waals surface area (Å²) in [6, 6.07) is -3.38. The highest BCUT2D eigenvalue weighted by Gasteiger charge is 2.63. The molecule has 1 spiro atoms. The number of fused-ring (bicyclic) bond motifs is 2. The van der Waals surface area contributed by atoms with Crippen LogP contribution >= 0.6 is 0 Å². The van der Waals surface area contributed by atoms with Gasteiger partial charge in [-0.05, 0) is 44.9 Å². The van der Waals surface area contributed by atoms with E-state index in [9.17, 15) is 28.8 Å². The first-order valence-electron chi connectivity index (χ1n) is 15.0. The largest absolute Gasteiger partial charge is 0.370 e. The van der Waals surface area contributed by atoms with Gasteiger partial charge in [-0.15, -0.1) is 0 Å². The second-order valence-electron chi connectivity index (χ2n) is 12.4. The minimum atomic E-state index is -1.35. The molecule has 232 valence electrons. The molecule has 3 aliphatic heterocycles. The first kappa shape index (κ1) is 31.4. The Balaban J connectivity index is 1.66. The van der Waals surface area contributed by atoms with Gasteiger partial charge in [0, 0.05) is 29.8 Å². The van der Waals surface area contributed by atoms with E-state index in [1.165, 1.54) is 0 Å². The van der Waals surface area contributed by atoms with Crippen molar-refractivity contribution in [3.8, 4) is 0 Å². The fourth-order valence-corrected chi connectivity index (χ4v) is 7.53. The van der Waals surface area contributed by atoms with Gasteiger partial charge >= 0.3 is 0 Å². The van der Waals surface area contributed by atoms with Crippen molar-refractivity contribution in [1.29, 1.82) is 5.41 Å². The number of guanidine groups is 1. The van der Waals surface area contributed by atoms with Crippen LogP contribution in [-0.4, -0.2) is 78.4 Å². The Morgan fingerprint density at radius 3 is 2.31 bits per heavy atom. The van der Waals surface area contributed by atoms with Crippen LogP contribution in [0.2, 0.25) is 0 Å². The van der Waals surface area contributed by atoms with Gasteiger partial charge in [0.05, 0.1) is 18.0 Å². The molecule has 10 N–H and O–H groups in total. The number of nitrogens with one attached hydrogen (secondary N) is 6. The van der Waals surface area contributed by atoms with Gasteiger partial charge in [0.2, 0.25) is 23.6 Å². The molecule has 1 aliphatic carbocycles. The zero-order valence-electron chi connectivity index (χ0n) is 24.3. The molecular formula is C28H44N8O6. The molecule has 14 nitrogen and oxygen atoms in total. The van der Waals surface area contributed by atoms with Crippen molar-refractivity contribution < 1.29 is 28.8 Å². The van der Waals surface area contributed by atoms with Crippen molar-refractivity contribution >= 4 is 41.2 Å². The average Bonchev–Trinajstić information content (AvgIpc) is 3.04. The summed E-state index contributed by atoms with van der Waals surface area (Å²) >= 11 is 0. The van der Waals surface area contributed by atoms with Gasteiger partial charge in [0.25, 0.3) is 0 Å². The Morgan fingerprint density at radius 1 is 0.952 bits per heavy atom. The number of Topliss-reactive ketones (excluding diaryl/α,β-unsaturated/α-hetero) is 2. The lowest BCUT2D eigenvalue weighted by Crippen LogP contribution is -2.66. The predicted molar refractivity (Wildman–Crippen MR) is 151 cm³/mol. The van der Waals surface area contributed by atoms with Crippen LogP contribution in [0.4, 0.5) is 0 Å². The predicted octanol–water partition coefficient (Wildman–Crippen LogP) is -1.68. The Bertz CT molecular complexity index is 1160. The van der Waals surface area contributed by atoms with Crippen molar-refractivity contribution in [2.75, 3.05) is 13.1 Å². The van der Waals surface area contributed by atoms with E-state index in [0.717, 1.165) is 12.8 Å². The van der Waals surface area contributed by atoms with Crippen molar-refractivity contribution in [2.45, 2.75) is 95.8 Å². The first-order chi connectivity index (χ1) is 19.9. The smallest absolute Gasteiger partial charge is 0.240 e. The molecule has 2 unspecified atom stereocenters. The van der Waals surface area contributed by atoms with Gasteiger partial charge in [-0.3, -0.25) is 34.2 Å². The third kappa shape index (κ3) is 5.72. The summed E-state index contributed by atoms with van der Waals surface area (Å²) in [7, 11) is 0. The number of piperidine rings is 2. The molecule has 1 saturated carbocycles. The summed E-state index contributed by atoms with van der Waals surface area (Å²) < 4.78 is 0. The molecule has 3 saturated heterocycles. The number of carbonyl (C=O) groups is 6. The fraction of sp³-hybridized carbons (Fsp3) is 0.750. The van der Waals surface area contributed by atoms with E-state index in [1.807, 2.05) is 6.92 Å². The maximum atomic E-state index is 14.4. The number of rotatable bonds is 10. The van der Waals surface area contributed by atoms with E-state index in [-0.39, 0.29) is 62.1 Å². The number of primary amides is 1. The molecule has 4 amide bonds. The average molecular weight is 589 g/mol. The number of hydrogen-bond donors (Lipinski definition) is 8. The van der Waals surface area contributed by atoms with E-state index >= 15 is 0 Å². The van der Waals surface area contributed by atoms with Gasteiger partial charge in [-0.1, -0.05) is 26.7 Å². The van der Waals surface area contributed by atoms with Crippen molar-refractivity contribution in [3.63, 3.8) is 0 Å². The summed E-state index contributed by atoms with van der Waals surface area (Å²) in [6.45, 7) is 4.22. The van der Waals surface area contributed by atoms with Crippen LogP contribution in [-0.2, 0) is 28.8 Å². The van der Waals surface area contributed by atoms with Crippen LogP contribution in [0.1, 0.15) is 71.6 Å². The Morgan fingerprint density at radius 2 is 1.67 bits per heavy atom. The molecule has 42 heavy (non-hydrogen) atoms. The highest BCUT2D eigenvalue weighted by atomic mass is 16.2. The molecule has 8 atom stereocenters. The number of piperazine rings is 1. The van der Waals surface area contributed by atoms with Crippen molar-refractivity contribution in [2.24, 2.45) is 34.1 Å².